The van der Waals surface area contributed by atoms with E-state index in [1.165, 1.54) is 36.9 Å². The lowest BCUT2D eigenvalue weighted by atomic mass is 9.93. The van der Waals surface area contributed by atoms with E-state index in [9.17, 15) is 4.79 Å². The summed E-state index contributed by atoms with van der Waals surface area (Å²) in [5.41, 5.74) is 2.83. The summed E-state index contributed by atoms with van der Waals surface area (Å²) in [6, 6.07) is 0. The summed E-state index contributed by atoms with van der Waals surface area (Å²) in [6.07, 6.45) is 4.83. The van der Waals surface area contributed by atoms with E-state index in [2.05, 4.69) is 29.3 Å². The zero-order chi connectivity index (χ0) is 14.6. The minimum absolute atomic E-state index is 0.318. The number of nitrogens with zero attached hydrogens (tertiary/aromatic N) is 2. The number of amides is 1. The number of hydrogen-bond donors (Lipinski definition) is 0. The Morgan fingerprint density at radius 2 is 2.00 bits per heavy atom. The van der Waals surface area contributed by atoms with Crippen LogP contribution in [0.5, 0.6) is 0 Å². The zero-order valence-electron chi connectivity index (χ0n) is 13.0. The van der Waals surface area contributed by atoms with Crippen molar-refractivity contribution in [3.8, 4) is 0 Å². The molecule has 1 saturated carbocycles. The molecule has 4 rings (SSSR count). The maximum Gasteiger partial charge on any atom is 0.264 e. The smallest absolute Gasteiger partial charge is 0.264 e. The molecule has 1 aromatic rings. The van der Waals surface area contributed by atoms with E-state index in [1.54, 1.807) is 11.3 Å². The van der Waals surface area contributed by atoms with Crippen LogP contribution in [-0.4, -0.2) is 49.4 Å². The van der Waals surface area contributed by atoms with E-state index >= 15 is 0 Å². The van der Waals surface area contributed by atoms with Gasteiger partial charge in [-0.2, -0.15) is 0 Å². The molecule has 3 nitrogen and oxygen atoms in total. The van der Waals surface area contributed by atoms with Crippen LogP contribution in [0.2, 0.25) is 0 Å². The van der Waals surface area contributed by atoms with Gasteiger partial charge >= 0.3 is 0 Å². The molecular weight excluding hydrogens is 280 g/mol. The Labute approximate surface area is 130 Å². The van der Waals surface area contributed by atoms with Crippen LogP contribution in [0.1, 0.15) is 33.6 Å². The number of carbonyl (C=O) groups is 1. The van der Waals surface area contributed by atoms with Crippen molar-refractivity contribution in [2.75, 3.05) is 33.7 Å². The topological polar surface area (TPSA) is 23.6 Å². The van der Waals surface area contributed by atoms with Gasteiger partial charge in [0.25, 0.3) is 5.91 Å². The standard InChI is InChI=1S/C17H24N2OS/c1-18(2)7-13-14-8-19(9-15(13)14)17(20)16-12-6-4-3-5-11(12)10-21-16/h10,13-15H,3-9H2,1-2H3/t13?,14-,15+. The summed E-state index contributed by atoms with van der Waals surface area (Å²) in [7, 11) is 4.30. The Balaban J connectivity index is 1.43. The van der Waals surface area contributed by atoms with Crippen LogP contribution < -0.4 is 0 Å². The first-order chi connectivity index (χ1) is 10.1. The molecule has 1 amide bonds. The minimum atomic E-state index is 0.318. The number of aryl methyl sites for hydroxylation is 1. The molecule has 1 unspecified atom stereocenters. The quantitative estimate of drug-likeness (QED) is 0.856. The summed E-state index contributed by atoms with van der Waals surface area (Å²) in [6.45, 7) is 3.18. The molecule has 2 heterocycles. The van der Waals surface area contributed by atoms with Crippen molar-refractivity contribution in [1.82, 2.24) is 9.80 Å². The van der Waals surface area contributed by atoms with Crippen molar-refractivity contribution in [1.29, 1.82) is 0 Å². The predicted molar refractivity (Wildman–Crippen MR) is 85.9 cm³/mol. The molecule has 3 atom stereocenters. The van der Waals surface area contributed by atoms with Crippen LogP contribution in [0.3, 0.4) is 0 Å². The van der Waals surface area contributed by atoms with Crippen molar-refractivity contribution in [2.24, 2.45) is 17.8 Å². The Hall–Kier alpha value is -0.870. The SMILES string of the molecule is CN(C)CC1[C@H]2CN(C(=O)c3scc4c3CCCC4)C[C@@H]12. The molecule has 0 N–H and O–H groups in total. The molecule has 21 heavy (non-hydrogen) atoms. The molecule has 0 spiro atoms. The Bertz CT molecular complexity index is 553. The Kier molecular flexibility index (Phi) is 3.34. The van der Waals surface area contributed by atoms with Gasteiger partial charge in [0.1, 0.15) is 0 Å². The fourth-order valence-electron chi connectivity index (χ4n) is 4.35. The molecule has 1 saturated heterocycles. The molecule has 3 aliphatic rings. The van der Waals surface area contributed by atoms with Gasteiger partial charge in [-0.05, 0) is 74.0 Å². The highest BCUT2D eigenvalue weighted by atomic mass is 32.1. The average Bonchev–Trinajstić information content (AvgIpc) is 2.88. The zero-order valence-corrected chi connectivity index (χ0v) is 13.8. The first kappa shape index (κ1) is 13.8. The Morgan fingerprint density at radius 3 is 2.71 bits per heavy atom. The number of fused-ring (bicyclic) bond motifs is 2. The second-order valence-corrected chi connectivity index (χ2v) is 8.12. The number of hydrogen-bond acceptors (Lipinski definition) is 3. The molecule has 0 bridgehead atoms. The van der Waals surface area contributed by atoms with Gasteiger partial charge in [-0.3, -0.25) is 4.79 Å². The molecule has 0 radical (unpaired) electrons. The van der Waals surface area contributed by atoms with Crippen LogP contribution in [0.25, 0.3) is 0 Å². The van der Waals surface area contributed by atoms with Crippen LogP contribution in [-0.2, 0) is 12.8 Å². The predicted octanol–water partition coefficient (Wildman–Crippen LogP) is 2.51. The molecular formula is C17H24N2OS. The molecule has 1 aromatic heterocycles. The fourth-order valence-corrected chi connectivity index (χ4v) is 5.48. The number of piperidine rings is 1. The summed E-state index contributed by atoms with van der Waals surface area (Å²) in [4.78, 5) is 18.3. The first-order valence-electron chi connectivity index (χ1n) is 8.18. The summed E-state index contributed by atoms with van der Waals surface area (Å²) in [5, 5.41) is 2.23. The number of likely N-dealkylation sites (tertiary alicyclic amines) is 1. The first-order valence-corrected chi connectivity index (χ1v) is 9.06. The molecule has 2 fully saturated rings. The van der Waals surface area contributed by atoms with Crippen LogP contribution in [0.15, 0.2) is 5.38 Å². The molecule has 114 valence electrons. The van der Waals surface area contributed by atoms with E-state index in [1.807, 2.05) is 0 Å². The number of carbonyl (C=O) groups excluding carboxylic acids is 1. The summed E-state index contributed by atoms with van der Waals surface area (Å²) >= 11 is 1.69. The third-order valence-corrected chi connectivity index (χ3v) is 6.59. The van der Waals surface area contributed by atoms with E-state index in [4.69, 9.17) is 0 Å². The van der Waals surface area contributed by atoms with E-state index < -0.39 is 0 Å². The second kappa shape index (κ2) is 5.10. The van der Waals surface area contributed by atoms with Gasteiger partial charge in [0.15, 0.2) is 0 Å². The van der Waals surface area contributed by atoms with E-state index in [-0.39, 0.29) is 0 Å². The van der Waals surface area contributed by atoms with Gasteiger partial charge in [-0.15, -0.1) is 11.3 Å². The van der Waals surface area contributed by atoms with Crippen molar-refractivity contribution in [3.63, 3.8) is 0 Å². The number of rotatable bonds is 3. The second-order valence-electron chi connectivity index (χ2n) is 7.24. The molecule has 2 aliphatic carbocycles. The van der Waals surface area contributed by atoms with Gasteiger partial charge in [0.05, 0.1) is 4.88 Å². The van der Waals surface area contributed by atoms with Gasteiger partial charge < -0.3 is 9.80 Å². The van der Waals surface area contributed by atoms with E-state index in [0.717, 1.165) is 42.1 Å². The lowest BCUT2D eigenvalue weighted by molar-refractivity contribution is 0.0769. The lowest BCUT2D eigenvalue weighted by Crippen LogP contribution is -2.33. The molecule has 0 aromatic carbocycles. The third kappa shape index (κ3) is 2.33. The van der Waals surface area contributed by atoms with Crippen molar-refractivity contribution >= 4 is 17.2 Å². The monoisotopic (exact) mass is 304 g/mol. The fraction of sp³-hybridized carbons (Fsp3) is 0.706. The minimum Gasteiger partial charge on any atom is -0.337 e. The maximum atomic E-state index is 12.8. The Morgan fingerprint density at radius 1 is 1.29 bits per heavy atom. The van der Waals surface area contributed by atoms with Gasteiger partial charge in [0.2, 0.25) is 0 Å². The lowest BCUT2D eigenvalue weighted by Gasteiger charge is -2.22. The highest BCUT2D eigenvalue weighted by Crippen LogP contribution is 2.52. The number of thiophene rings is 1. The highest BCUT2D eigenvalue weighted by molar-refractivity contribution is 7.12. The molecule has 4 heteroatoms. The van der Waals surface area contributed by atoms with Crippen LogP contribution in [0, 0.1) is 17.8 Å². The normalized spacial score (nSPS) is 30.4. The van der Waals surface area contributed by atoms with Gasteiger partial charge in [0, 0.05) is 19.6 Å². The van der Waals surface area contributed by atoms with Crippen molar-refractivity contribution in [3.05, 3.63) is 21.4 Å². The average molecular weight is 304 g/mol. The van der Waals surface area contributed by atoms with Crippen LogP contribution >= 0.6 is 11.3 Å². The summed E-state index contributed by atoms with van der Waals surface area (Å²) in [5.74, 6) is 2.69. The van der Waals surface area contributed by atoms with Crippen molar-refractivity contribution in [2.45, 2.75) is 25.7 Å². The van der Waals surface area contributed by atoms with Crippen molar-refractivity contribution < 1.29 is 4.79 Å². The third-order valence-electron chi connectivity index (χ3n) is 5.53. The largest absolute Gasteiger partial charge is 0.337 e. The maximum absolute atomic E-state index is 12.8. The molecule has 1 aliphatic heterocycles. The summed E-state index contributed by atoms with van der Waals surface area (Å²) < 4.78 is 0. The van der Waals surface area contributed by atoms with Crippen LogP contribution in [0.4, 0.5) is 0 Å². The van der Waals surface area contributed by atoms with Gasteiger partial charge in [-0.1, -0.05) is 0 Å². The van der Waals surface area contributed by atoms with E-state index in [0.29, 0.717) is 5.91 Å². The van der Waals surface area contributed by atoms with Gasteiger partial charge in [-0.25, -0.2) is 0 Å². The highest BCUT2D eigenvalue weighted by Gasteiger charge is 2.56.